The number of hydrogen-bond acceptors (Lipinski definition) is 2. The Kier molecular flexibility index (Phi) is 3.35. The molecular formula is C18H25ClO2. The van der Waals surface area contributed by atoms with Crippen LogP contribution in [0.1, 0.15) is 45.6 Å². The van der Waals surface area contributed by atoms with Gasteiger partial charge < -0.3 is 9.84 Å². The lowest BCUT2D eigenvalue weighted by Crippen LogP contribution is -2.55. The fourth-order valence-corrected chi connectivity index (χ4v) is 5.14. The summed E-state index contributed by atoms with van der Waals surface area (Å²) in [4.78, 5) is 0. The first-order valence-electron chi connectivity index (χ1n) is 7.78. The summed E-state index contributed by atoms with van der Waals surface area (Å²) in [6.07, 6.45) is 4.08. The minimum Gasteiger partial charge on any atom is -0.496 e. The number of fused-ring (bicyclic) bond motifs is 2. The van der Waals surface area contributed by atoms with E-state index in [1.54, 1.807) is 7.11 Å². The Morgan fingerprint density at radius 2 is 2.05 bits per heavy atom. The van der Waals surface area contributed by atoms with Crippen molar-refractivity contribution in [2.45, 2.75) is 52.1 Å². The lowest BCUT2D eigenvalue weighted by molar-refractivity contribution is -0.142. The Balaban J connectivity index is 2.02. The monoisotopic (exact) mass is 308 g/mol. The molecule has 2 nitrogen and oxygen atoms in total. The van der Waals surface area contributed by atoms with Crippen LogP contribution in [-0.4, -0.2) is 17.8 Å². The van der Waals surface area contributed by atoms with Crippen molar-refractivity contribution in [1.82, 2.24) is 0 Å². The molecule has 2 bridgehead atoms. The molecule has 1 aromatic rings. The van der Waals surface area contributed by atoms with E-state index in [0.29, 0.717) is 17.4 Å². The fraction of sp³-hybridized carbons (Fsp3) is 0.667. The molecule has 3 unspecified atom stereocenters. The van der Waals surface area contributed by atoms with Crippen LogP contribution < -0.4 is 4.74 Å². The molecule has 0 radical (unpaired) electrons. The number of ether oxygens (including phenoxy) is 1. The molecule has 1 aromatic carbocycles. The van der Waals surface area contributed by atoms with Crippen LogP contribution >= 0.6 is 11.6 Å². The number of rotatable bonds is 3. The van der Waals surface area contributed by atoms with Gasteiger partial charge in [-0.15, -0.1) is 0 Å². The number of halogens is 1. The maximum Gasteiger partial charge on any atom is 0.122 e. The van der Waals surface area contributed by atoms with Gasteiger partial charge >= 0.3 is 0 Å². The average Bonchev–Trinajstić information content (AvgIpc) is 2.88. The van der Waals surface area contributed by atoms with E-state index in [0.717, 1.165) is 24.2 Å². The van der Waals surface area contributed by atoms with Crippen LogP contribution in [0.25, 0.3) is 0 Å². The zero-order valence-corrected chi connectivity index (χ0v) is 14.1. The van der Waals surface area contributed by atoms with E-state index in [9.17, 15) is 5.11 Å². The van der Waals surface area contributed by atoms with Crippen LogP contribution in [0.5, 0.6) is 5.75 Å². The molecule has 0 amide bonds. The van der Waals surface area contributed by atoms with Crippen molar-refractivity contribution in [3.05, 3.63) is 28.8 Å². The van der Waals surface area contributed by atoms with Gasteiger partial charge in [0.1, 0.15) is 5.75 Å². The summed E-state index contributed by atoms with van der Waals surface area (Å²) in [6, 6.07) is 5.66. The highest BCUT2D eigenvalue weighted by atomic mass is 35.5. The van der Waals surface area contributed by atoms with Gasteiger partial charge in [0.05, 0.1) is 12.7 Å². The molecule has 3 rings (SSSR count). The van der Waals surface area contributed by atoms with Gasteiger partial charge in [-0.1, -0.05) is 32.4 Å². The second-order valence-corrected chi connectivity index (χ2v) is 8.15. The molecule has 0 aliphatic heterocycles. The van der Waals surface area contributed by atoms with Gasteiger partial charge in [0.15, 0.2) is 0 Å². The molecule has 3 heteroatoms. The normalized spacial score (nSPS) is 37.0. The zero-order chi connectivity index (χ0) is 15.5. The average molecular weight is 309 g/mol. The summed E-state index contributed by atoms with van der Waals surface area (Å²) in [5, 5.41) is 12.3. The second-order valence-electron chi connectivity index (χ2n) is 7.72. The molecule has 0 spiro atoms. The summed E-state index contributed by atoms with van der Waals surface area (Å²) >= 11 is 6.15. The van der Waals surface area contributed by atoms with Crippen LogP contribution in [0, 0.1) is 16.7 Å². The zero-order valence-electron chi connectivity index (χ0n) is 13.4. The smallest absolute Gasteiger partial charge is 0.122 e. The van der Waals surface area contributed by atoms with Crippen molar-refractivity contribution in [3.8, 4) is 5.75 Å². The first-order chi connectivity index (χ1) is 9.73. The number of aliphatic hydroxyl groups is 1. The van der Waals surface area contributed by atoms with E-state index in [4.69, 9.17) is 16.3 Å². The van der Waals surface area contributed by atoms with Gasteiger partial charge in [0, 0.05) is 11.4 Å². The van der Waals surface area contributed by atoms with Crippen molar-refractivity contribution in [2.24, 2.45) is 16.7 Å². The molecular weight excluding hydrogens is 284 g/mol. The van der Waals surface area contributed by atoms with Crippen molar-refractivity contribution < 1.29 is 9.84 Å². The molecule has 2 saturated carbocycles. The molecule has 21 heavy (non-hydrogen) atoms. The Labute approximate surface area is 132 Å². The van der Waals surface area contributed by atoms with Crippen LogP contribution in [0.2, 0.25) is 5.02 Å². The van der Waals surface area contributed by atoms with E-state index in [1.807, 2.05) is 18.2 Å². The highest BCUT2D eigenvalue weighted by Gasteiger charge is 2.68. The van der Waals surface area contributed by atoms with Gasteiger partial charge in [-0.2, -0.15) is 0 Å². The molecule has 2 aliphatic carbocycles. The quantitative estimate of drug-likeness (QED) is 0.893. The summed E-state index contributed by atoms with van der Waals surface area (Å²) < 4.78 is 5.47. The maximum atomic E-state index is 11.6. The molecule has 0 aromatic heterocycles. The first kappa shape index (κ1) is 15.2. The van der Waals surface area contributed by atoms with E-state index in [2.05, 4.69) is 20.8 Å². The predicted octanol–water partition coefficient (Wildman–Crippen LogP) is 4.47. The van der Waals surface area contributed by atoms with E-state index in [-0.39, 0.29) is 10.8 Å². The van der Waals surface area contributed by atoms with Gasteiger partial charge in [-0.3, -0.25) is 0 Å². The Bertz CT molecular complexity index is 562. The first-order valence-corrected chi connectivity index (χ1v) is 8.16. The Morgan fingerprint density at radius 3 is 2.62 bits per heavy atom. The summed E-state index contributed by atoms with van der Waals surface area (Å²) in [6.45, 7) is 6.69. The fourth-order valence-electron chi connectivity index (χ4n) is 4.95. The third-order valence-corrected chi connectivity index (χ3v) is 6.75. The van der Waals surface area contributed by atoms with Gasteiger partial charge in [-0.25, -0.2) is 0 Å². The van der Waals surface area contributed by atoms with Crippen LogP contribution in [0.4, 0.5) is 0 Å². The molecule has 2 aliphatic rings. The molecule has 0 saturated heterocycles. The third-order valence-electron chi connectivity index (χ3n) is 6.52. The Hall–Kier alpha value is -0.730. The standard InChI is InChI=1S/C18H25ClO2/c1-16(2)13-7-8-17(3,11-13)18(16,20)10-12-9-14(19)5-6-15(12)21-4/h5-6,9,13,20H,7-8,10-11H2,1-4H3. The number of hydrogen-bond donors (Lipinski definition) is 1. The lowest BCUT2D eigenvalue weighted by atomic mass is 9.58. The van der Waals surface area contributed by atoms with Crippen molar-refractivity contribution >= 4 is 11.6 Å². The molecule has 2 fully saturated rings. The van der Waals surface area contributed by atoms with E-state index in [1.165, 1.54) is 6.42 Å². The molecule has 3 atom stereocenters. The number of benzene rings is 1. The van der Waals surface area contributed by atoms with Crippen molar-refractivity contribution in [1.29, 1.82) is 0 Å². The van der Waals surface area contributed by atoms with Crippen LogP contribution in [0.3, 0.4) is 0 Å². The maximum absolute atomic E-state index is 11.6. The lowest BCUT2D eigenvalue weighted by Gasteiger charge is -2.51. The van der Waals surface area contributed by atoms with Gasteiger partial charge in [-0.05, 0) is 59.8 Å². The minimum absolute atomic E-state index is 0.00546. The minimum atomic E-state index is -0.707. The summed E-state index contributed by atoms with van der Waals surface area (Å²) in [5.41, 5.74) is 0.220. The molecule has 116 valence electrons. The highest BCUT2D eigenvalue weighted by molar-refractivity contribution is 6.30. The van der Waals surface area contributed by atoms with Gasteiger partial charge in [0.25, 0.3) is 0 Å². The summed E-state index contributed by atoms with van der Waals surface area (Å²) in [5.74, 6) is 1.42. The highest BCUT2D eigenvalue weighted by Crippen LogP contribution is 2.68. The van der Waals surface area contributed by atoms with Crippen molar-refractivity contribution in [2.75, 3.05) is 7.11 Å². The predicted molar refractivity (Wildman–Crippen MR) is 85.9 cm³/mol. The molecule has 1 N–H and O–H groups in total. The van der Waals surface area contributed by atoms with Crippen molar-refractivity contribution in [3.63, 3.8) is 0 Å². The SMILES string of the molecule is COc1ccc(Cl)cc1CC1(O)C2(C)CCC(C2)C1(C)C. The number of methoxy groups -OCH3 is 1. The molecule has 0 heterocycles. The van der Waals surface area contributed by atoms with Crippen LogP contribution in [0.15, 0.2) is 18.2 Å². The van der Waals surface area contributed by atoms with E-state index >= 15 is 0 Å². The Morgan fingerprint density at radius 1 is 1.33 bits per heavy atom. The topological polar surface area (TPSA) is 29.5 Å². The van der Waals surface area contributed by atoms with E-state index < -0.39 is 5.60 Å². The van der Waals surface area contributed by atoms with Crippen LogP contribution in [-0.2, 0) is 6.42 Å². The van der Waals surface area contributed by atoms with Gasteiger partial charge in [0.2, 0.25) is 0 Å². The second kappa shape index (κ2) is 4.63. The largest absolute Gasteiger partial charge is 0.496 e. The summed E-state index contributed by atoms with van der Waals surface area (Å²) in [7, 11) is 1.67. The third kappa shape index (κ3) is 1.95.